The molecule has 19 heavy (non-hydrogen) atoms. The van der Waals surface area contributed by atoms with Gasteiger partial charge in [0.15, 0.2) is 0 Å². The first-order valence-corrected chi connectivity index (χ1v) is 8.44. The van der Waals surface area contributed by atoms with Crippen LogP contribution in [-0.2, 0) is 11.3 Å². The van der Waals surface area contributed by atoms with Gasteiger partial charge >= 0.3 is 0 Å². The molecule has 0 bridgehead atoms. The van der Waals surface area contributed by atoms with E-state index in [0.29, 0.717) is 6.10 Å². The summed E-state index contributed by atoms with van der Waals surface area (Å²) in [7, 11) is 0. The van der Waals surface area contributed by atoms with Gasteiger partial charge in [0.2, 0.25) is 0 Å². The average Bonchev–Trinajstić information content (AvgIpc) is 3.09. The molecule has 0 amide bonds. The van der Waals surface area contributed by atoms with Crippen molar-refractivity contribution in [1.82, 2.24) is 5.32 Å². The van der Waals surface area contributed by atoms with E-state index in [-0.39, 0.29) is 0 Å². The van der Waals surface area contributed by atoms with E-state index >= 15 is 0 Å². The van der Waals surface area contributed by atoms with Crippen LogP contribution in [0.15, 0.2) is 23.1 Å². The molecule has 1 unspecified atom stereocenters. The molecular weight excluding hydrogens is 278 g/mol. The van der Waals surface area contributed by atoms with Crippen LogP contribution in [0.3, 0.4) is 0 Å². The lowest BCUT2D eigenvalue weighted by atomic mass is 10.2. The first-order valence-electron chi connectivity index (χ1n) is 7.07. The molecule has 1 aromatic carbocycles. The van der Waals surface area contributed by atoms with Crippen molar-refractivity contribution in [3.63, 3.8) is 0 Å². The Bertz CT molecular complexity index is 430. The molecule has 1 N–H and O–H groups in total. The average molecular weight is 298 g/mol. The number of rotatable bonds is 6. The molecule has 3 rings (SSSR count). The third kappa shape index (κ3) is 4.12. The van der Waals surface area contributed by atoms with Gasteiger partial charge in [-0.15, -0.1) is 11.8 Å². The van der Waals surface area contributed by atoms with Gasteiger partial charge < -0.3 is 10.1 Å². The van der Waals surface area contributed by atoms with Crippen LogP contribution >= 0.6 is 23.4 Å². The smallest absolute Gasteiger partial charge is 0.0669 e. The molecule has 1 aliphatic heterocycles. The predicted molar refractivity (Wildman–Crippen MR) is 81.0 cm³/mol. The zero-order valence-corrected chi connectivity index (χ0v) is 12.6. The van der Waals surface area contributed by atoms with Gasteiger partial charge in [-0.1, -0.05) is 17.7 Å². The largest absolute Gasteiger partial charge is 0.377 e. The monoisotopic (exact) mass is 297 g/mol. The number of hydrogen-bond donors (Lipinski definition) is 1. The zero-order valence-electron chi connectivity index (χ0n) is 11.0. The molecular formula is C15H20ClNOS. The Morgan fingerprint density at radius 1 is 1.32 bits per heavy atom. The van der Waals surface area contributed by atoms with Crippen molar-refractivity contribution in [2.45, 2.75) is 49.3 Å². The Morgan fingerprint density at radius 2 is 2.21 bits per heavy atom. The summed E-state index contributed by atoms with van der Waals surface area (Å²) >= 11 is 8.19. The van der Waals surface area contributed by atoms with E-state index in [0.717, 1.165) is 30.0 Å². The van der Waals surface area contributed by atoms with Crippen LogP contribution in [0.25, 0.3) is 0 Å². The summed E-state index contributed by atoms with van der Waals surface area (Å²) in [6, 6.07) is 7.14. The first-order chi connectivity index (χ1) is 9.31. The molecule has 0 radical (unpaired) electrons. The second-order valence-corrected chi connectivity index (χ2v) is 6.86. The fourth-order valence-electron chi connectivity index (χ4n) is 2.27. The maximum Gasteiger partial charge on any atom is 0.0669 e. The number of ether oxygens (including phenoxy) is 1. The molecule has 0 aromatic heterocycles. The molecule has 1 saturated carbocycles. The molecule has 2 fully saturated rings. The van der Waals surface area contributed by atoms with Crippen LogP contribution in [0, 0.1) is 0 Å². The number of thioether (sulfide) groups is 1. The van der Waals surface area contributed by atoms with Crippen LogP contribution in [-0.4, -0.2) is 24.5 Å². The van der Waals surface area contributed by atoms with Gasteiger partial charge in [-0.2, -0.15) is 0 Å². The Morgan fingerprint density at radius 3 is 2.89 bits per heavy atom. The molecule has 2 nitrogen and oxygen atoms in total. The quantitative estimate of drug-likeness (QED) is 0.806. The fourth-order valence-corrected chi connectivity index (χ4v) is 3.59. The van der Waals surface area contributed by atoms with E-state index in [4.69, 9.17) is 16.3 Å². The standard InChI is InChI=1S/C15H20ClNOS/c16-15-8-14(19-10-13-2-1-7-18-13)6-3-11(15)9-17-12-4-5-12/h3,6,8,12-13,17H,1-2,4-5,7,9-10H2. The molecule has 0 spiro atoms. The third-order valence-electron chi connectivity index (χ3n) is 3.64. The maximum absolute atomic E-state index is 6.34. The SMILES string of the molecule is Clc1cc(SCC2CCCO2)ccc1CNC1CC1. The summed E-state index contributed by atoms with van der Waals surface area (Å²) in [4.78, 5) is 1.25. The zero-order chi connectivity index (χ0) is 13.1. The van der Waals surface area contributed by atoms with Crippen molar-refractivity contribution in [3.8, 4) is 0 Å². The first kappa shape index (κ1) is 13.7. The Balaban J connectivity index is 1.51. The van der Waals surface area contributed by atoms with Crippen LogP contribution in [0.2, 0.25) is 5.02 Å². The number of benzene rings is 1. The van der Waals surface area contributed by atoms with E-state index in [9.17, 15) is 0 Å². The van der Waals surface area contributed by atoms with E-state index < -0.39 is 0 Å². The maximum atomic E-state index is 6.34. The summed E-state index contributed by atoms with van der Waals surface area (Å²) in [6.07, 6.45) is 5.46. The lowest BCUT2D eigenvalue weighted by molar-refractivity contribution is 0.129. The van der Waals surface area contributed by atoms with Crippen molar-refractivity contribution < 1.29 is 4.74 Å². The van der Waals surface area contributed by atoms with Gasteiger partial charge in [-0.3, -0.25) is 0 Å². The minimum Gasteiger partial charge on any atom is -0.377 e. The molecule has 104 valence electrons. The van der Waals surface area contributed by atoms with Crippen LogP contribution in [0.5, 0.6) is 0 Å². The molecule has 2 aliphatic rings. The second kappa shape index (κ2) is 6.49. The van der Waals surface area contributed by atoms with Crippen LogP contribution in [0.4, 0.5) is 0 Å². The fraction of sp³-hybridized carbons (Fsp3) is 0.600. The Kier molecular flexibility index (Phi) is 4.69. The van der Waals surface area contributed by atoms with Gasteiger partial charge in [0.1, 0.15) is 0 Å². The van der Waals surface area contributed by atoms with Crippen molar-refractivity contribution >= 4 is 23.4 Å². The molecule has 1 aliphatic carbocycles. The number of nitrogens with one attached hydrogen (secondary N) is 1. The minimum absolute atomic E-state index is 0.431. The van der Waals surface area contributed by atoms with Crippen molar-refractivity contribution in [1.29, 1.82) is 0 Å². The van der Waals surface area contributed by atoms with E-state index in [1.54, 1.807) is 0 Å². The lowest BCUT2D eigenvalue weighted by Gasteiger charge is -2.10. The minimum atomic E-state index is 0.431. The molecule has 1 atom stereocenters. The van der Waals surface area contributed by atoms with E-state index in [2.05, 4.69) is 23.5 Å². The van der Waals surface area contributed by atoms with Crippen molar-refractivity contribution in [2.24, 2.45) is 0 Å². The van der Waals surface area contributed by atoms with Gasteiger partial charge in [0.25, 0.3) is 0 Å². The summed E-state index contributed by atoms with van der Waals surface area (Å²) in [5, 5.41) is 4.38. The van der Waals surface area contributed by atoms with E-state index in [1.807, 2.05) is 11.8 Å². The van der Waals surface area contributed by atoms with Gasteiger partial charge in [-0.05, 0) is 43.4 Å². The van der Waals surface area contributed by atoms with Gasteiger partial charge in [0.05, 0.1) is 6.10 Å². The molecule has 1 saturated heterocycles. The Labute approximate surface area is 124 Å². The van der Waals surface area contributed by atoms with Gasteiger partial charge in [0, 0.05) is 34.9 Å². The van der Waals surface area contributed by atoms with Crippen molar-refractivity contribution in [2.75, 3.05) is 12.4 Å². The highest BCUT2D eigenvalue weighted by molar-refractivity contribution is 7.99. The summed E-state index contributed by atoms with van der Waals surface area (Å²) in [6.45, 7) is 1.82. The highest BCUT2D eigenvalue weighted by Gasteiger charge is 2.20. The Hall–Kier alpha value is -0.220. The lowest BCUT2D eigenvalue weighted by Crippen LogP contribution is -2.15. The number of hydrogen-bond acceptors (Lipinski definition) is 3. The second-order valence-electron chi connectivity index (χ2n) is 5.35. The summed E-state index contributed by atoms with van der Waals surface area (Å²) in [5.41, 5.74) is 1.20. The highest BCUT2D eigenvalue weighted by atomic mass is 35.5. The molecule has 1 heterocycles. The van der Waals surface area contributed by atoms with Crippen LogP contribution in [0.1, 0.15) is 31.2 Å². The van der Waals surface area contributed by atoms with Crippen molar-refractivity contribution in [3.05, 3.63) is 28.8 Å². The predicted octanol–water partition coefficient (Wildman–Crippen LogP) is 3.86. The molecule has 4 heteroatoms. The normalized spacial score (nSPS) is 22.9. The number of halogens is 1. The van der Waals surface area contributed by atoms with Gasteiger partial charge in [-0.25, -0.2) is 0 Å². The summed E-state index contributed by atoms with van der Waals surface area (Å²) in [5.74, 6) is 1.04. The summed E-state index contributed by atoms with van der Waals surface area (Å²) < 4.78 is 5.64. The highest BCUT2D eigenvalue weighted by Crippen LogP contribution is 2.28. The third-order valence-corrected chi connectivity index (χ3v) is 5.12. The van der Waals surface area contributed by atoms with E-state index in [1.165, 1.54) is 36.1 Å². The molecule has 1 aromatic rings. The van der Waals surface area contributed by atoms with Crippen LogP contribution < -0.4 is 5.32 Å². The topological polar surface area (TPSA) is 21.3 Å².